The van der Waals surface area contributed by atoms with E-state index in [1.54, 1.807) is 47.4 Å². The van der Waals surface area contributed by atoms with Crippen LogP contribution in [0.25, 0.3) is 0 Å². The third-order valence-corrected chi connectivity index (χ3v) is 6.74. The van der Waals surface area contributed by atoms with Crippen LogP contribution in [0, 0.1) is 12.8 Å². The molecule has 0 unspecified atom stereocenters. The number of anilines is 2. The predicted molar refractivity (Wildman–Crippen MR) is 119 cm³/mol. The first-order valence-corrected chi connectivity index (χ1v) is 11.3. The summed E-state index contributed by atoms with van der Waals surface area (Å²) in [5.74, 6) is 0.907. The molecule has 4 rings (SSSR count). The maximum Gasteiger partial charge on any atom is 0.255 e. The lowest BCUT2D eigenvalue weighted by Gasteiger charge is -2.08. The Hall–Kier alpha value is -2.64. The number of nitrogens with zero attached hydrogens (tertiary/aromatic N) is 1. The molecule has 5 nitrogen and oxygen atoms in total. The number of hydrogen-bond acceptors (Lipinski definition) is 5. The third-order valence-electron chi connectivity index (χ3n) is 4.53. The molecule has 1 heterocycles. The van der Waals surface area contributed by atoms with Crippen molar-refractivity contribution in [2.75, 3.05) is 10.6 Å². The zero-order valence-corrected chi connectivity index (χ0v) is 17.6. The zero-order valence-electron chi connectivity index (χ0n) is 16.0. The first-order valence-electron chi connectivity index (χ1n) is 9.43. The van der Waals surface area contributed by atoms with Crippen molar-refractivity contribution >= 4 is 46.3 Å². The van der Waals surface area contributed by atoms with E-state index in [9.17, 15) is 9.59 Å². The largest absolute Gasteiger partial charge is 0.326 e. The van der Waals surface area contributed by atoms with Gasteiger partial charge in [0.1, 0.15) is 4.34 Å². The highest BCUT2D eigenvalue weighted by atomic mass is 32.2. The van der Waals surface area contributed by atoms with Gasteiger partial charge in [0.05, 0.1) is 0 Å². The van der Waals surface area contributed by atoms with Gasteiger partial charge in [-0.2, -0.15) is 0 Å². The lowest BCUT2D eigenvalue weighted by atomic mass is 10.1. The molecule has 1 aliphatic rings. The van der Waals surface area contributed by atoms with Crippen molar-refractivity contribution in [2.45, 2.75) is 29.9 Å². The van der Waals surface area contributed by atoms with Crippen LogP contribution in [0.1, 0.15) is 34.5 Å². The number of benzene rings is 2. The highest BCUT2D eigenvalue weighted by Crippen LogP contribution is 2.30. The van der Waals surface area contributed by atoms with E-state index in [1.807, 2.05) is 36.6 Å². The van der Waals surface area contributed by atoms with Gasteiger partial charge < -0.3 is 10.6 Å². The fourth-order valence-corrected chi connectivity index (χ4v) is 4.53. The molecule has 3 aromatic rings. The number of nitrogens with one attached hydrogen (secondary N) is 2. The minimum Gasteiger partial charge on any atom is -0.326 e. The van der Waals surface area contributed by atoms with E-state index in [0.717, 1.165) is 39.9 Å². The zero-order chi connectivity index (χ0) is 20.2. The molecule has 0 aliphatic heterocycles. The van der Waals surface area contributed by atoms with Gasteiger partial charge in [-0.1, -0.05) is 23.9 Å². The van der Waals surface area contributed by atoms with Crippen LogP contribution in [0.2, 0.25) is 0 Å². The van der Waals surface area contributed by atoms with Crippen molar-refractivity contribution in [3.8, 4) is 0 Å². The molecule has 1 saturated carbocycles. The third kappa shape index (κ3) is 5.46. The van der Waals surface area contributed by atoms with Gasteiger partial charge in [0.25, 0.3) is 5.91 Å². The molecule has 2 amide bonds. The maximum atomic E-state index is 12.5. The Morgan fingerprint density at radius 1 is 1.03 bits per heavy atom. The van der Waals surface area contributed by atoms with Gasteiger partial charge in [0.2, 0.25) is 5.91 Å². The summed E-state index contributed by atoms with van der Waals surface area (Å²) >= 11 is 3.35. The van der Waals surface area contributed by atoms with Gasteiger partial charge in [-0.05, 0) is 61.7 Å². The molecule has 0 bridgehead atoms. The van der Waals surface area contributed by atoms with Crippen LogP contribution in [-0.2, 0) is 10.5 Å². The first kappa shape index (κ1) is 19.7. The van der Waals surface area contributed by atoms with Crippen LogP contribution in [0.3, 0.4) is 0 Å². The standard InChI is InChI=1S/C22H21N3O2S2/c1-14-12-28-22(23-14)29-13-15-2-4-16(5-3-15)20(26)24-18-8-10-19(11-9-18)25-21(27)17-6-7-17/h2-5,8-12,17H,6-7,13H2,1H3,(H,24,26)(H,25,27). The second kappa shape index (κ2) is 8.80. The SMILES string of the molecule is Cc1csc(SCc2ccc(C(=O)Nc3ccc(NC(=O)C4CC4)cc3)cc2)n1. The Balaban J connectivity index is 1.30. The normalized spacial score (nSPS) is 13.1. The molecule has 1 aliphatic carbocycles. The minimum atomic E-state index is -0.158. The maximum absolute atomic E-state index is 12.5. The monoisotopic (exact) mass is 423 g/mol. The molecule has 0 atom stereocenters. The first-order chi connectivity index (χ1) is 14.1. The number of aromatic nitrogens is 1. The Morgan fingerprint density at radius 2 is 1.69 bits per heavy atom. The molecule has 0 radical (unpaired) electrons. The number of thiazole rings is 1. The molecule has 148 valence electrons. The summed E-state index contributed by atoms with van der Waals surface area (Å²) in [5.41, 5.74) is 4.24. The molecule has 2 N–H and O–H groups in total. The quantitative estimate of drug-likeness (QED) is 0.503. The second-order valence-electron chi connectivity index (χ2n) is 7.04. The second-order valence-corrected chi connectivity index (χ2v) is 9.12. The number of carbonyl (C=O) groups excluding carboxylic acids is 2. The molecule has 0 spiro atoms. The van der Waals surface area contributed by atoms with Gasteiger partial charge in [0.15, 0.2) is 0 Å². The predicted octanol–water partition coefficient (Wildman–Crippen LogP) is 5.34. The summed E-state index contributed by atoms with van der Waals surface area (Å²) in [7, 11) is 0. The fraction of sp³-hybridized carbons (Fsp3) is 0.227. The number of hydrogen-bond donors (Lipinski definition) is 2. The Kier molecular flexibility index (Phi) is 5.97. The van der Waals surface area contributed by atoms with E-state index in [-0.39, 0.29) is 17.7 Å². The van der Waals surface area contributed by atoms with Crippen LogP contribution in [-0.4, -0.2) is 16.8 Å². The smallest absolute Gasteiger partial charge is 0.255 e. The van der Waals surface area contributed by atoms with Gasteiger partial charge in [-0.25, -0.2) is 4.98 Å². The summed E-state index contributed by atoms with van der Waals surface area (Å²) in [6.45, 7) is 1.99. The molecule has 7 heteroatoms. The minimum absolute atomic E-state index is 0.0741. The molecule has 0 saturated heterocycles. The van der Waals surface area contributed by atoms with Crippen molar-refractivity contribution in [3.05, 3.63) is 70.7 Å². The topological polar surface area (TPSA) is 71.1 Å². The summed E-state index contributed by atoms with van der Waals surface area (Å²) in [5, 5.41) is 7.82. The van der Waals surface area contributed by atoms with Crippen LogP contribution in [0.15, 0.2) is 58.3 Å². The van der Waals surface area contributed by atoms with E-state index in [1.165, 1.54) is 0 Å². The van der Waals surface area contributed by atoms with Crippen LogP contribution in [0.4, 0.5) is 11.4 Å². The van der Waals surface area contributed by atoms with Crippen molar-refractivity contribution in [1.82, 2.24) is 4.98 Å². The average Bonchev–Trinajstić information content (AvgIpc) is 3.50. The van der Waals surface area contributed by atoms with Gasteiger partial charge in [-0.3, -0.25) is 9.59 Å². The number of carbonyl (C=O) groups is 2. The van der Waals surface area contributed by atoms with Gasteiger partial charge >= 0.3 is 0 Å². The molecular weight excluding hydrogens is 402 g/mol. The number of thioether (sulfide) groups is 1. The van der Waals surface area contributed by atoms with Crippen molar-refractivity contribution in [2.24, 2.45) is 5.92 Å². The average molecular weight is 424 g/mol. The highest BCUT2D eigenvalue weighted by molar-refractivity contribution is 8.00. The molecule has 2 aromatic carbocycles. The summed E-state index contributed by atoms with van der Waals surface area (Å²) in [6.07, 6.45) is 1.95. The molecule has 1 fully saturated rings. The van der Waals surface area contributed by atoms with Crippen molar-refractivity contribution in [1.29, 1.82) is 0 Å². The van der Waals surface area contributed by atoms with E-state index < -0.39 is 0 Å². The summed E-state index contributed by atoms with van der Waals surface area (Å²) < 4.78 is 1.06. The fourth-order valence-electron chi connectivity index (χ4n) is 2.73. The molecule has 29 heavy (non-hydrogen) atoms. The lowest BCUT2D eigenvalue weighted by molar-refractivity contribution is -0.117. The molecular formula is C22H21N3O2S2. The Labute approximate surface area is 178 Å². The van der Waals surface area contributed by atoms with Crippen molar-refractivity contribution in [3.63, 3.8) is 0 Å². The van der Waals surface area contributed by atoms with E-state index in [2.05, 4.69) is 15.6 Å². The van der Waals surface area contributed by atoms with Crippen LogP contribution >= 0.6 is 23.1 Å². The van der Waals surface area contributed by atoms with E-state index in [4.69, 9.17) is 0 Å². The number of aryl methyl sites for hydroxylation is 1. The summed E-state index contributed by atoms with van der Waals surface area (Å²) in [4.78, 5) is 28.7. The Morgan fingerprint density at radius 3 is 2.28 bits per heavy atom. The van der Waals surface area contributed by atoms with E-state index >= 15 is 0 Å². The van der Waals surface area contributed by atoms with Gasteiger partial charge in [-0.15, -0.1) is 11.3 Å². The lowest BCUT2D eigenvalue weighted by Crippen LogP contribution is -2.14. The highest BCUT2D eigenvalue weighted by Gasteiger charge is 2.29. The van der Waals surface area contributed by atoms with Crippen LogP contribution in [0.5, 0.6) is 0 Å². The Bertz CT molecular complexity index is 1010. The number of rotatable bonds is 7. The van der Waals surface area contributed by atoms with Crippen molar-refractivity contribution < 1.29 is 9.59 Å². The van der Waals surface area contributed by atoms with Gasteiger partial charge in [0, 0.05) is 39.7 Å². The molecule has 1 aromatic heterocycles. The van der Waals surface area contributed by atoms with Crippen LogP contribution < -0.4 is 10.6 Å². The van der Waals surface area contributed by atoms with E-state index in [0.29, 0.717) is 11.3 Å². The number of amides is 2. The summed E-state index contributed by atoms with van der Waals surface area (Å²) in [6, 6.07) is 14.8.